The van der Waals surface area contributed by atoms with Crippen molar-refractivity contribution >= 4 is 34.0 Å². The van der Waals surface area contributed by atoms with E-state index in [0.717, 1.165) is 23.5 Å². The van der Waals surface area contributed by atoms with Gasteiger partial charge in [0.25, 0.3) is 0 Å². The van der Waals surface area contributed by atoms with Crippen molar-refractivity contribution in [2.45, 2.75) is 12.5 Å². The third kappa shape index (κ3) is 9.09. The summed E-state index contributed by atoms with van der Waals surface area (Å²) in [5.74, 6) is 0. The molecule has 1 aliphatic carbocycles. The normalized spacial score (nSPS) is 13.1. The Bertz CT molecular complexity index is 3320. The molecule has 0 aromatic heterocycles. The third-order valence-electron chi connectivity index (χ3n) is 13.0. The van der Waals surface area contributed by atoms with E-state index in [4.69, 9.17) is 0 Å². The Hall–Kier alpha value is -8.72. The van der Waals surface area contributed by atoms with Gasteiger partial charge in [-0.15, -0.1) is 0 Å². The largest absolute Gasteiger partial charge is 0.334 e. The SMILES string of the molecule is C1=CC(N(c2ccccc2)c2ccc(-c3ccccc3)cc2)CC=C1c1cccc(-c2cccc(-c3cccc(-c4ccc(N(c5ccccc5)c5ccc(-c6ccccc6)cc5)cc4)c3)c2)c1. The molecule has 0 aliphatic heterocycles. The van der Waals surface area contributed by atoms with Crippen molar-refractivity contribution in [2.75, 3.05) is 9.80 Å². The second-order valence-electron chi connectivity index (χ2n) is 17.3. The predicted molar refractivity (Wildman–Crippen MR) is 289 cm³/mol. The maximum absolute atomic E-state index is 2.46. The summed E-state index contributed by atoms with van der Waals surface area (Å²) in [6.45, 7) is 0. The minimum Gasteiger partial charge on any atom is -0.334 e. The topological polar surface area (TPSA) is 6.48 Å². The quantitative estimate of drug-likeness (QED) is 0.121. The molecule has 2 nitrogen and oxygen atoms in total. The molecule has 10 aromatic carbocycles. The fourth-order valence-corrected chi connectivity index (χ4v) is 9.48. The van der Waals surface area contributed by atoms with Gasteiger partial charge in [0, 0.05) is 28.4 Å². The zero-order valence-electron chi connectivity index (χ0n) is 37.8. The molecule has 1 aliphatic rings. The van der Waals surface area contributed by atoms with Crippen LogP contribution < -0.4 is 9.80 Å². The van der Waals surface area contributed by atoms with Crippen molar-refractivity contribution < 1.29 is 0 Å². The maximum atomic E-state index is 2.46. The van der Waals surface area contributed by atoms with E-state index >= 15 is 0 Å². The van der Waals surface area contributed by atoms with Crippen LogP contribution in [0.5, 0.6) is 0 Å². The smallest absolute Gasteiger partial charge is 0.0560 e. The van der Waals surface area contributed by atoms with Crippen molar-refractivity contribution in [1.29, 1.82) is 0 Å². The van der Waals surface area contributed by atoms with Gasteiger partial charge in [-0.05, 0) is 152 Å². The van der Waals surface area contributed by atoms with Crippen molar-refractivity contribution in [3.63, 3.8) is 0 Å². The van der Waals surface area contributed by atoms with Crippen LogP contribution in [-0.4, -0.2) is 6.04 Å². The molecular formula is C66H50N2. The number of allylic oxidation sites excluding steroid dienone is 2. The van der Waals surface area contributed by atoms with Crippen LogP contribution in [0.4, 0.5) is 28.4 Å². The Morgan fingerprint density at radius 1 is 0.265 bits per heavy atom. The lowest BCUT2D eigenvalue weighted by Gasteiger charge is -2.33. The highest BCUT2D eigenvalue weighted by molar-refractivity contribution is 5.84. The predicted octanol–water partition coefficient (Wildman–Crippen LogP) is 18.0. The average Bonchev–Trinajstić information content (AvgIpc) is 3.43. The molecule has 11 rings (SSSR count). The molecule has 0 N–H and O–H groups in total. The molecule has 1 atom stereocenters. The Morgan fingerprint density at radius 3 is 1.01 bits per heavy atom. The Kier molecular flexibility index (Phi) is 12.0. The Morgan fingerprint density at radius 2 is 0.574 bits per heavy atom. The van der Waals surface area contributed by atoms with Gasteiger partial charge in [0.1, 0.15) is 0 Å². The molecule has 0 fully saturated rings. The summed E-state index contributed by atoms with van der Waals surface area (Å²) in [6.07, 6.45) is 7.97. The molecule has 1 unspecified atom stereocenters. The lowest BCUT2D eigenvalue weighted by Crippen LogP contribution is -2.30. The van der Waals surface area contributed by atoms with Crippen molar-refractivity contribution in [2.24, 2.45) is 0 Å². The van der Waals surface area contributed by atoms with Crippen LogP contribution in [0.15, 0.2) is 285 Å². The van der Waals surface area contributed by atoms with Crippen molar-refractivity contribution in [3.8, 4) is 55.6 Å². The highest BCUT2D eigenvalue weighted by Crippen LogP contribution is 2.39. The summed E-state index contributed by atoms with van der Waals surface area (Å²) in [5.41, 5.74) is 20.2. The minimum atomic E-state index is 0.185. The molecule has 10 aromatic rings. The van der Waals surface area contributed by atoms with Gasteiger partial charge >= 0.3 is 0 Å². The number of para-hydroxylation sites is 2. The van der Waals surface area contributed by atoms with E-state index in [9.17, 15) is 0 Å². The molecular weight excluding hydrogens is 821 g/mol. The summed E-state index contributed by atoms with van der Waals surface area (Å²) >= 11 is 0. The molecule has 2 heteroatoms. The van der Waals surface area contributed by atoms with Crippen LogP contribution in [0.1, 0.15) is 12.0 Å². The summed E-state index contributed by atoms with van der Waals surface area (Å²) in [4.78, 5) is 4.77. The van der Waals surface area contributed by atoms with Gasteiger partial charge in [-0.1, -0.05) is 206 Å². The van der Waals surface area contributed by atoms with Gasteiger partial charge < -0.3 is 9.80 Å². The van der Waals surface area contributed by atoms with Crippen LogP contribution in [0, 0.1) is 0 Å². The fraction of sp³-hybridized carbons (Fsp3) is 0.0303. The van der Waals surface area contributed by atoms with E-state index in [1.54, 1.807) is 0 Å². The zero-order valence-corrected chi connectivity index (χ0v) is 37.8. The summed E-state index contributed by atoms with van der Waals surface area (Å²) < 4.78 is 0. The molecule has 0 spiro atoms. The zero-order chi connectivity index (χ0) is 45.5. The maximum Gasteiger partial charge on any atom is 0.0560 e. The Labute approximate surface area is 400 Å². The van der Waals surface area contributed by atoms with Crippen LogP contribution in [0.25, 0.3) is 61.2 Å². The second-order valence-corrected chi connectivity index (χ2v) is 17.3. The number of hydrogen-bond donors (Lipinski definition) is 0. The first kappa shape index (κ1) is 41.9. The van der Waals surface area contributed by atoms with Crippen molar-refractivity contribution in [3.05, 3.63) is 291 Å². The average molecular weight is 871 g/mol. The number of nitrogens with zero attached hydrogens (tertiary/aromatic N) is 2. The lowest BCUT2D eigenvalue weighted by molar-refractivity contribution is 0.787. The van der Waals surface area contributed by atoms with Crippen LogP contribution >= 0.6 is 0 Å². The van der Waals surface area contributed by atoms with E-state index in [1.165, 1.54) is 78.1 Å². The van der Waals surface area contributed by atoms with Crippen LogP contribution in [0.2, 0.25) is 0 Å². The minimum absolute atomic E-state index is 0.185. The van der Waals surface area contributed by atoms with Gasteiger partial charge in [-0.25, -0.2) is 0 Å². The second kappa shape index (κ2) is 19.4. The summed E-state index contributed by atoms with van der Waals surface area (Å²) in [6, 6.07) is 96.2. The van der Waals surface area contributed by atoms with Crippen molar-refractivity contribution in [1.82, 2.24) is 0 Å². The molecule has 0 bridgehead atoms. The van der Waals surface area contributed by atoms with E-state index in [0.29, 0.717) is 0 Å². The van der Waals surface area contributed by atoms with E-state index in [1.807, 2.05) is 0 Å². The standard InChI is InChI=1S/C66H50N2/c1-5-16-49(17-6-1)51-30-38-63(39-31-51)67(61-26-9-3-10-27-61)65-42-34-53(35-43-65)55-20-13-22-57(46-55)59-24-15-25-60(48-59)58-23-14-21-56(47-58)54-36-44-66(45-37-54)68(62-28-11-4-12-29-62)64-40-32-52(33-41-64)50-18-7-2-8-19-50/h1-44,46-48,66H,45H2. The van der Waals surface area contributed by atoms with Gasteiger partial charge in [0.2, 0.25) is 0 Å². The van der Waals surface area contributed by atoms with Gasteiger partial charge in [-0.2, -0.15) is 0 Å². The molecule has 0 saturated carbocycles. The number of benzene rings is 10. The first-order chi connectivity index (χ1) is 33.7. The number of anilines is 5. The van der Waals surface area contributed by atoms with Crippen LogP contribution in [-0.2, 0) is 0 Å². The first-order valence-electron chi connectivity index (χ1n) is 23.5. The molecule has 0 amide bonds. The van der Waals surface area contributed by atoms with Crippen LogP contribution in [0.3, 0.4) is 0 Å². The van der Waals surface area contributed by atoms with E-state index in [2.05, 4.69) is 295 Å². The molecule has 324 valence electrons. The van der Waals surface area contributed by atoms with Gasteiger partial charge in [-0.3, -0.25) is 0 Å². The highest BCUT2D eigenvalue weighted by Gasteiger charge is 2.21. The van der Waals surface area contributed by atoms with Gasteiger partial charge in [0.15, 0.2) is 0 Å². The summed E-state index contributed by atoms with van der Waals surface area (Å²) in [5, 5.41) is 0. The Balaban J connectivity index is 0.812. The van der Waals surface area contributed by atoms with Gasteiger partial charge in [0.05, 0.1) is 6.04 Å². The first-order valence-corrected chi connectivity index (χ1v) is 23.5. The molecule has 0 radical (unpaired) electrons. The fourth-order valence-electron chi connectivity index (χ4n) is 9.48. The number of rotatable bonds is 12. The molecule has 68 heavy (non-hydrogen) atoms. The monoisotopic (exact) mass is 870 g/mol. The van der Waals surface area contributed by atoms with E-state index < -0.39 is 0 Å². The summed E-state index contributed by atoms with van der Waals surface area (Å²) in [7, 11) is 0. The third-order valence-corrected chi connectivity index (χ3v) is 13.0. The molecule has 0 heterocycles. The number of hydrogen-bond acceptors (Lipinski definition) is 2. The van der Waals surface area contributed by atoms with E-state index in [-0.39, 0.29) is 6.04 Å². The lowest BCUT2D eigenvalue weighted by atomic mass is 9.92. The highest BCUT2D eigenvalue weighted by atomic mass is 15.2. The molecule has 0 saturated heterocycles.